The lowest BCUT2D eigenvalue weighted by molar-refractivity contribution is -0.707. The topological polar surface area (TPSA) is 44.3 Å². The first-order valence-corrected chi connectivity index (χ1v) is 8.66. The second-order valence-corrected chi connectivity index (χ2v) is 6.52. The number of nitrogens with two attached hydrogens (primary N) is 1. The van der Waals surface area contributed by atoms with E-state index in [4.69, 9.17) is 14.2 Å². The van der Waals surface area contributed by atoms with E-state index in [1.54, 1.807) is 0 Å². The Morgan fingerprint density at radius 1 is 0.833 bits per heavy atom. The molecule has 2 heterocycles. The summed E-state index contributed by atoms with van der Waals surface area (Å²) >= 11 is 0. The number of benzene rings is 2. The molecule has 4 heteroatoms. The highest BCUT2D eigenvalue weighted by Crippen LogP contribution is 2.28. The van der Waals surface area contributed by atoms with Gasteiger partial charge in [-0.3, -0.25) is 0 Å². The SMILES string of the molecule is c1ccc(C[NH2+][C@H]2CO[C@H]3[C@@H]2OC[C@H]3OCc2ccccc2)cc1. The number of fused-ring (bicyclic) bond motifs is 1. The quantitative estimate of drug-likeness (QED) is 0.875. The molecule has 2 fully saturated rings. The Bertz CT molecular complexity index is 576. The van der Waals surface area contributed by atoms with E-state index < -0.39 is 0 Å². The monoisotopic (exact) mass is 326 g/mol. The second-order valence-electron chi connectivity index (χ2n) is 6.52. The van der Waals surface area contributed by atoms with Gasteiger partial charge in [0.25, 0.3) is 0 Å². The fourth-order valence-corrected chi connectivity index (χ4v) is 3.52. The van der Waals surface area contributed by atoms with E-state index in [1.165, 1.54) is 11.1 Å². The minimum atomic E-state index is 0.0327. The van der Waals surface area contributed by atoms with Gasteiger partial charge in [0.2, 0.25) is 0 Å². The van der Waals surface area contributed by atoms with Gasteiger partial charge in [0.05, 0.1) is 13.2 Å². The lowest BCUT2D eigenvalue weighted by atomic mass is 10.1. The molecule has 24 heavy (non-hydrogen) atoms. The average Bonchev–Trinajstić information content (AvgIpc) is 3.22. The summed E-state index contributed by atoms with van der Waals surface area (Å²) in [5.41, 5.74) is 2.52. The molecular formula is C20H24NO3+. The van der Waals surface area contributed by atoms with Crippen molar-refractivity contribution < 1.29 is 19.5 Å². The van der Waals surface area contributed by atoms with E-state index in [9.17, 15) is 0 Å². The van der Waals surface area contributed by atoms with Gasteiger partial charge in [-0.2, -0.15) is 0 Å². The molecule has 0 radical (unpaired) electrons. The molecule has 0 aliphatic carbocycles. The van der Waals surface area contributed by atoms with Gasteiger partial charge in [-0.15, -0.1) is 0 Å². The van der Waals surface area contributed by atoms with Crippen LogP contribution in [0.5, 0.6) is 0 Å². The normalized spacial score (nSPS) is 28.8. The van der Waals surface area contributed by atoms with Crippen LogP contribution in [0.3, 0.4) is 0 Å². The largest absolute Gasteiger partial charge is 0.368 e. The van der Waals surface area contributed by atoms with Crippen LogP contribution in [0.1, 0.15) is 11.1 Å². The van der Waals surface area contributed by atoms with E-state index in [2.05, 4.69) is 41.7 Å². The van der Waals surface area contributed by atoms with Crippen LogP contribution in [0, 0.1) is 0 Å². The standard InChI is InChI=1S/C20H23NO3/c1-3-7-15(8-4-1)11-21-17-13-23-20-18(14-24-19(17)20)22-12-16-9-5-2-6-10-16/h1-10,17-21H,11-14H2/p+1/t17-,18+,19+,20+/m0/s1. The first-order valence-electron chi connectivity index (χ1n) is 8.66. The first kappa shape index (κ1) is 15.8. The van der Waals surface area contributed by atoms with Crippen molar-refractivity contribution in [2.24, 2.45) is 0 Å². The average molecular weight is 326 g/mol. The van der Waals surface area contributed by atoms with E-state index in [1.807, 2.05) is 24.3 Å². The molecule has 2 aliphatic heterocycles. The minimum absolute atomic E-state index is 0.0327. The highest BCUT2D eigenvalue weighted by Gasteiger charge is 2.50. The molecule has 0 amide bonds. The zero-order chi connectivity index (χ0) is 16.2. The number of hydrogen-bond acceptors (Lipinski definition) is 3. The molecule has 2 aromatic rings. The molecule has 2 N–H and O–H groups in total. The molecule has 4 nitrogen and oxygen atoms in total. The van der Waals surface area contributed by atoms with Crippen LogP contribution in [0.4, 0.5) is 0 Å². The summed E-state index contributed by atoms with van der Waals surface area (Å²) in [4.78, 5) is 0. The van der Waals surface area contributed by atoms with Gasteiger partial charge in [0, 0.05) is 5.56 Å². The maximum atomic E-state index is 6.05. The molecule has 4 rings (SSSR count). The van der Waals surface area contributed by atoms with Crippen molar-refractivity contribution in [2.45, 2.75) is 37.5 Å². The van der Waals surface area contributed by atoms with Crippen LogP contribution >= 0.6 is 0 Å². The van der Waals surface area contributed by atoms with Crippen LogP contribution in [0.25, 0.3) is 0 Å². The zero-order valence-electron chi connectivity index (χ0n) is 13.7. The van der Waals surface area contributed by atoms with E-state index in [0.717, 1.165) is 13.2 Å². The Balaban J connectivity index is 1.29. The zero-order valence-corrected chi connectivity index (χ0v) is 13.7. The molecule has 0 saturated carbocycles. The van der Waals surface area contributed by atoms with Crippen LogP contribution in [0.15, 0.2) is 60.7 Å². The summed E-state index contributed by atoms with van der Waals surface area (Å²) in [6, 6.07) is 21.1. The third-order valence-electron chi connectivity index (χ3n) is 4.85. The summed E-state index contributed by atoms with van der Waals surface area (Å²) in [7, 11) is 0. The Kier molecular flexibility index (Phi) is 4.90. The molecule has 126 valence electrons. The van der Waals surface area contributed by atoms with Gasteiger partial charge in [-0.1, -0.05) is 60.7 Å². The van der Waals surface area contributed by atoms with Crippen molar-refractivity contribution in [2.75, 3.05) is 13.2 Å². The van der Waals surface area contributed by atoms with Crippen molar-refractivity contribution >= 4 is 0 Å². The maximum absolute atomic E-state index is 6.05. The highest BCUT2D eigenvalue weighted by molar-refractivity contribution is 5.14. The summed E-state index contributed by atoms with van der Waals surface area (Å²) in [5, 5.41) is 2.33. The predicted molar refractivity (Wildman–Crippen MR) is 90.4 cm³/mol. The number of hydrogen-bond donors (Lipinski definition) is 1. The predicted octanol–water partition coefficient (Wildman–Crippen LogP) is 1.50. The number of rotatable bonds is 6. The van der Waals surface area contributed by atoms with Gasteiger partial charge in [0.15, 0.2) is 0 Å². The van der Waals surface area contributed by atoms with Crippen LogP contribution < -0.4 is 5.32 Å². The van der Waals surface area contributed by atoms with Crippen molar-refractivity contribution in [1.82, 2.24) is 0 Å². The second kappa shape index (κ2) is 7.45. The lowest BCUT2D eigenvalue weighted by Crippen LogP contribution is -2.91. The molecule has 0 aromatic heterocycles. The van der Waals surface area contributed by atoms with Gasteiger partial charge in [-0.25, -0.2) is 0 Å². The molecule has 0 unspecified atom stereocenters. The van der Waals surface area contributed by atoms with Gasteiger partial charge < -0.3 is 19.5 Å². The molecule has 4 atom stereocenters. The maximum Gasteiger partial charge on any atom is 0.140 e. The number of quaternary nitrogens is 1. The highest BCUT2D eigenvalue weighted by atomic mass is 16.6. The van der Waals surface area contributed by atoms with E-state index >= 15 is 0 Å². The Labute approximate surface area is 142 Å². The molecule has 0 bridgehead atoms. The molecular weight excluding hydrogens is 302 g/mol. The van der Waals surface area contributed by atoms with Gasteiger partial charge in [-0.05, 0) is 5.56 Å². The molecule has 0 spiro atoms. The van der Waals surface area contributed by atoms with Gasteiger partial charge >= 0.3 is 0 Å². The van der Waals surface area contributed by atoms with Crippen LogP contribution in [0.2, 0.25) is 0 Å². The lowest BCUT2D eigenvalue weighted by Gasteiger charge is -2.16. The van der Waals surface area contributed by atoms with Crippen LogP contribution in [-0.4, -0.2) is 37.6 Å². The molecule has 2 aromatic carbocycles. The summed E-state index contributed by atoms with van der Waals surface area (Å²) in [6.07, 6.45) is 0.227. The third kappa shape index (κ3) is 3.52. The molecule has 2 saturated heterocycles. The van der Waals surface area contributed by atoms with E-state index in [0.29, 0.717) is 19.3 Å². The molecule has 2 aliphatic rings. The first-order chi connectivity index (χ1) is 11.9. The Morgan fingerprint density at radius 3 is 2.25 bits per heavy atom. The van der Waals surface area contributed by atoms with Crippen molar-refractivity contribution in [3.63, 3.8) is 0 Å². The van der Waals surface area contributed by atoms with Crippen molar-refractivity contribution in [3.05, 3.63) is 71.8 Å². The fourth-order valence-electron chi connectivity index (χ4n) is 3.52. The Morgan fingerprint density at radius 2 is 1.50 bits per heavy atom. The summed E-state index contributed by atoms with van der Waals surface area (Å²) < 4.78 is 18.0. The van der Waals surface area contributed by atoms with Crippen molar-refractivity contribution in [3.8, 4) is 0 Å². The van der Waals surface area contributed by atoms with Gasteiger partial charge in [0.1, 0.15) is 37.5 Å². The van der Waals surface area contributed by atoms with Crippen molar-refractivity contribution in [1.29, 1.82) is 0 Å². The third-order valence-corrected chi connectivity index (χ3v) is 4.85. The number of ether oxygens (including phenoxy) is 3. The summed E-state index contributed by atoms with van der Waals surface area (Å²) in [6.45, 7) is 2.92. The fraction of sp³-hybridized carbons (Fsp3) is 0.400. The van der Waals surface area contributed by atoms with E-state index in [-0.39, 0.29) is 18.3 Å². The Hall–Kier alpha value is -1.72. The minimum Gasteiger partial charge on any atom is -0.368 e. The van der Waals surface area contributed by atoms with Crippen LogP contribution in [-0.2, 0) is 27.4 Å². The smallest absolute Gasteiger partial charge is 0.140 e. The summed E-state index contributed by atoms with van der Waals surface area (Å²) in [5.74, 6) is 0.